The van der Waals surface area contributed by atoms with Crippen LogP contribution in [0.15, 0.2) is 16.3 Å². The normalized spacial score (nSPS) is 22.9. The van der Waals surface area contributed by atoms with Crippen molar-refractivity contribution in [3.8, 4) is 0 Å². The first-order chi connectivity index (χ1) is 9.40. The van der Waals surface area contributed by atoms with Crippen LogP contribution >= 0.6 is 22.0 Å². The Labute approximate surface area is 126 Å². The SMILES string of the molecule is COC1CCCC1NC(=O)Cc1ccc(S(=O)(=O)Cl)s1. The van der Waals surface area contributed by atoms with E-state index in [0.29, 0.717) is 4.88 Å². The second-order valence-electron chi connectivity index (χ2n) is 4.71. The molecule has 1 amide bonds. The molecule has 1 fully saturated rings. The number of nitrogens with one attached hydrogen (secondary N) is 1. The molecule has 1 aliphatic carbocycles. The highest BCUT2D eigenvalue weighted by molar-refractivity contribution is 8.15. The molecule has 0 radical (unpaired) electrons. The number of thiophene rings is 1. The molecule has 0 aliphatic heterocycles. The van der Waals surface area contributed by atoms with Crippen molar-refractivity contribution >= 4 is 37.0 Å². The Balaban J connectivity index is 1.93. The first kappa shape index (κ1) is 15.8. The minimum atomic E-state index is -3.71. The van der Waals surface area contributed by atoms with Gasteiger partial charge in [0.05, 0.1) is 18.6 Å². The van der Waals surface area contributed by atoms with Crippen LogP contribution in [0.2, 0.25) is 0 Å². The smallest absolute Gasteiger partial charge is 0.270 e. The van der Waals surface area contributed by atoms with Gasteiger partial charge in [0.1, 0.15) is 4.21 Å². The molecule has 1 saturated carbocycles. The van der Waals surface area contributed by atoms with Crippen molar-refractivity contribution < 1.29 is 17.9 Å². The van der Waals surface area contributed by atoms with Crippen LogP contribution in [0.5, 0.6) is 0 Å². The highest BCUT2D eigenvalue weighted by atomic mass is 35.7. The first-order valence-corrected chi connectivity index (χ1v) is 9.38. The van der Waals surface area contributed by atoms with Gasteiger partial charge < -0.3 is 10.1 Å². The van der Waals surface area contributed by atoms with E-state index in [1.165, 1.54) is 6.07 Å². The van der Waals surface area contributed by atoms with Crippen molar-refractivity contribution in [3.63, 3.8) is 0 Å². The van der Waals surface area contributed by atoms with Crippen LogP contribution in [-0.4, -0.2) is 33.6 Å². The molecule has 1 heterocycles. The van der Waals surface area contributed by atoms with Crippen LogP contribution in [0, 0.1) is 0 Å². The van der Waals surface area contributed by atoms with Gasteiger partial charge in [-0.3, -0.25) is 4.79 Å². The zero-order chi connectivity index (χ0) is 14.8. The standard InChI is InChI=1S/C12H16ClNO4S2/c1-18-10-4-2-3-9(10)14-11(15)7-8-5-6-12(19-8)20(13,16)17/h5-6,9-10H,2-4,7H2,1H3,(H,14,15). The van der Waals surface area contributed by atoms with Gasteiger partial charge in [0, 0.05) is 22.7 Å². The molecular formula is C12H16ClNO4S2. The summed E-state index contributed by atoms with van der Waals surface area (Å²) in [6.07, 6.45) is 3.13. The highest BCUT2D eigenvalue weighted by Gasteiger charge is 2.28. The van der Waals surface area contributed by atoms with E-state index in [2.05, 4.69) is 5.32 Å². The fraction of sp³-hybridized carbons (Fsp3) is 0.583. The molecular weight excluding hydrogens is 322 g/mol. The van der Waals surface area contributed by atoms with E-state index < -0.39 is 9.05 Å². The van der Waals surface area contributed by atoms with E-state index in [0.717, 1.165) is 30.6 Å². The number of carbonyl (C=O) groups is 1. The van der Waals surface area contributed by atoms with Crippen LogP contribution in [-0.2, 0) is 25.0 Å². The van der Waals surface area contributed by atoms with Crippen LogP contribution in [0.25, 0.3) is 0 Å². The summed E-state index contributed by atoms with van der Waals surface area (Å²) < 4.78 is 27.7. The van der Waals surface area contributed by atoms with Crippen molar-refractivity contribution in [1.82, 2.24) is 5.32 Å². The third-order valence-corrected chi connectivity index (χ3v) is 6.49. The molecule has 1 aliphatic rings. The molecule has 0 aromatic carbocycles. The lowest BCUT2D eigenvalue weighted by Crippen LogP contribution is -2.41. The van der Waals surface area contributed by atoms with E-state index >= 15 is 0 Å². The minimum absolute atomic E-state index is 0.0451. The third-order valence-electron chi connectivity index (χ3n) is 3.31. The van der Waals surface area contributed by atoms with Gasteiger partial charge in [-0.05, 0) is 31.4 Å². The van der Waals surface area contributed by atoms with Crippen LogP contribution in [0.1, 0.15) is 24.1 Å². The van der Waals surface area contributed by atoms with Gasteiger partial charge in [0.15, 0.2) is 0 Å². The molecule has 1 aromatic heterocycles. The fourth-order valence-electron chi connectivity index (χ4n) is 2.37. The van der Waals surface area contributed by atoms with E-state index in [1.807, 2.05) is 0 Å². The maximum absolute atomic E-state index is 11.9. The maximum atomic E-state index is 11.9. The third kappa shape index (κ3) is 3.94. The summed E-state index contributed by atoms with van der Waals surface area (Å²) in [6, 6.07) is 3.08. The molecule has 1 N–H and O–H groups in total. The number of amides is 1. The number of hydrogen-bond acceptors (Lipinski definition) is 5. The summed E-state index contributed by atoms with van der Waals surface area (Å²) in [7, 11) is 3.18. The van der Waals surface area contributed by atoms with Gasteiger partial charge in [-0.2, -0.15) is 0 Å². The monoisotopic (exact) mass is 337 g/mol. The summed E-state index contributed by atoms with van der Waals surface area (Å²) in [6.45, 7) is 0. The van der Waals surface area contributed by atoms with Crippen LogP contribution in [0.3, 0.4) is 0 Å². The van der Waals surface area contributed by atoms with Gasteiger partial charge in [-0.1, -0.05) is 0 Å². The van der Waals surface area contributed by atoms with Gasteiger partial charge >= 0.3 is 0 Å². The lowest BCUT2D eigenvalue weighted by Gasteiger charge is -2.19. The molecule has 0 spiro atoms. The number of rotatable bonds is 5. The maximum Gasteiger partial charge on any atom is 0.270 e. The predicted molar refractivity (Wildman–Crippen MR) is 77.6 cm³/mol. The molecule has 0 saturated heterocycles. The predicted octanol–water partition coefficient (Wildman–Crippen LogP) is 1.90. The van der Waals surface area contributed by atoms with Gasteiger partial charge in [0.2, 0.25) is 5.91 Å². The summed E-state index contributed by atoms with van der Waals surface area (Å²) >= 11 is 1.02. The Bertz CT molecular complexity index is 584. The highest BCUT2D eigenvalue weighted by Crippen LogP contribution is 2.25. The Hall–Kier alpha value is -0.630. The Morgan fingerprint density at radius 2 is 2.25 bits per heavy atom. The van der Waals surface area contributed by atoms with E-state index in [4.69, 9.17) is 15.4 Å². The second kappa shape index (κ2) is 6.43. The van der Waals surface area contributed by atoms with Crippen LogP contribution < -0.4 is 5.32 Å². The quantitative estimate of drug-likeness (QED) is 0.833. The van der Waals surface area contributed by atoms with Crippen molar-refractivity contribution in [3.05, 3.63) is 17.0 Å². The average molecular weight is 338 g/mol. The lowest BCUT2D eigenvalue weighted by atomic mass is 10.2. The molecule has 0 bridgehead atoms. The minimum Gasteiger partial charge on any atom is -0.379 e. The Morgan fingerprint density at radius 3 is 2.85 bits per heavy atom. The van der Waals surface area contributed by atoms with Crippen LogP contribution in [0.4, 0.5) is 0 Å². The first-order valence-electron chi connectivity index (χ1n) is 6.25. The van der Waals surface area contributed by atoms with E-state index in [-0.39, 0.29) is 28.7 Å². The number of halogens is 1. The summed E-state index contributed by atoms with van der Waals surface area (Å²) in [5.41, 5.74) is 0. The molecule has 2 rings (SSSR count). The Kier molecular flexibility index (Phi) is 5.06. The fourth-order valence-corrected chi connectivity index (χ4v) is 4.50. The number of ether oxygens (including phenoxy) is 1. The summed E-state index contributed by atoms with van der Waals surface area (Å²) in [5, 5.41) is 2.94. The number of methoxy groups -OCH3 is 1. The van der Waals surface area contributed by atoms with Gasteiger partial charge in [-0.25, -0.2) is 8.42 Å². The lowest BCUT2D eigenvalue weighted by molar-refractivity contribution is -0.121. The summed E-state index contributed by atoms with van der Waals surface area (Å²) in [5.74, 6) is -0.126. The second-order valence-corrected chi connectivity index (χ2v) is 8.68. The molecule has 8 heteroatoms. The van der Waals surface area contributed by atoms with Crippen molar-refractivity contribution in [1.29, 1.82) is 0 Å². The average Bonchev–Trinajstić information content (AvgIpc) is 2.97. The van der Waals surface area contributed by atoms with Crippen molar-refractivity contribution in [2.45, 2.75) is 42.0 Å². The van der Waals surface area contributed by atoms with Crippen molar-refractivity contribution in [2.75, 3.05) is 7.11 Å². The van der Waals surface area contributed by atoms with E-state index in [9.17, 15) is 13.2 Å². The molecule has 20 heavy (non-hydrogen) atoms. The molecule has 112 valence electrons. The summed E-state index contributed by atoms with van der Waals surface area (Å²) in [4.78, 5) is 12.6. The zero-order valence-corrected chi connectivity index (χ0v) is 13.4. The Morgan fingerprint density at radius 1 is 1.50 bits per heavy atom. The largest absolute Gasteiger partial charge is 0.379 e. The number of carbonyl (C=O) groups excluding carboxylic acids is 1. The van der Waals surface area contributed by atoms with Crippen molar-refractivity contribution in [2.24, 2.45) is 0 Å². The number of hydrogen-bond donors (Lipinski definition) is 1. The van der Waals surface area contributed by atoms with Gasteiger partial charge in [0.25, 0.3) is 9.05 Å². The topological polar surface area (TPSA) is 72.5 Å². The molecule has 2 atom stereocenters. The van der Waals surface area contributed by atoms with E-state index in [1.54, 1.807) is 13.2 Å². The zero-order valence-electron chi connectivity index (χ0n) is 11.0. The van der Waals surface area contributed by atoms with Gasteiger partial charge in [-0.15, -0.1) is 11.3 Å². The molecule has 5 nitrogen and oxygen atoms in total. The molecule has 1 aromatic rings. The molecule has 2 unspecified atom stereocenters.